The molecule has 40 heavy (non-hydrogen) atoms. The van der Waals surface area contributed by atoms with Gasteiger partial charge in [-0.15, -0.1) is 0 Å². The molecule has 2 aliphatic rings. The number of nitrogens with zero attached hydrogens (tertiary/aromatic N) is 3. The number of H-pyrrole nitrogens is 1. The number of aromatic amines is 1. The first-order valence-electron chi connectivity index (χ1n) is 14.0. The molecular formula is C32H33N5O3. The van der Waals surface area contributed by atoms with Crippen LogP contribution in [0.15, 0.2) is 72.8 Å². The van der Waals surface area contributed by atoms with Crippen molar-refractivity contribution >= 4 is 34.4 Å². The van der Waals surface area contributed by atoms with Gasteiger partial charge in [0.05, 0.1) is 23.5 Å². The summed E-state index contributed by atoms with van der Waals surface area (Å²) in [5.74, 6) is 0.749. The van der Waals surface area contributed by atoms with Crippen molar-refractivity contribution in [2.45, 2.75) is 51.1 Å². The predicted molar refractivity (Wildman–Crippen MR) is 154 cm³/mol. The molecule has 0 radical (unpaired) electrons. The smallest absolute Gasteiger partial charge is 0.247 e. The van der Waals surface area contributed by atoms with E-state index in [1.807, 2.05) is 71.6 Å². The summed E-state index contributed by atoms with van der Waals surface area (Å²) in [6.07, 6.45) is 3.79. The van der Waals surface area contributed by atoms with E-state index in [1.54, 1.807) is 4.90 Å². The highest BCUT2D eigenvalue weighted by Gasteiger charge is 2.33. The van der Waals surface area contributed by atoms with E-state index in [0.717, 1.165) is 59.4 Å². The van der Waals surface area contributed by atoms with E-state index in [9.17, 15) is 14.4 Å². The largest absolute Gasteiger partial charge is 0.340 e. The molecule has 2 saturated heterocycles. The second-order valence-electron chi connectivity index (χ2n) is 10.7. The van der Waals surface area contributed by atoms with Gasteiger partial charge in [-0.05, 0) is 66.6 Å². The molecule has 2 aliphatic heterocycles. The number of nitrogens with one attached hydrogen (secondary N) is 2. The second-order valence-corrected chi connectivity index (χ2v) is 10.7. The molecule has 0 bridgehead atoms. The molecule has 204 valence electrons. The molecule has 0 aliphatic carbocycles. The quantitative estimate of drug-likeness (QED) is 0.360. The van der Waals surface area contributed by atoms with Crippen LogP contribution in [0.1, 0.15) is 50.0 Å². The topological polar surface area (TPSA) is 98.4 Å². The molecule has 0 spiro atoms. The maximum Gasteiger partial charge on any atom is 0.247 e. The Balaban J connectivity index is 1.15. The number of amides is 3. The zero-order valence-electron chi connectivity index (χ0n) is 22.6. The molecule has 8 nitrogen and oxygen atoms in total. The third kappa shape index (κ3) is 5.21. The fourth-order valence-corrected chi connectivity index (χ4v) is 5.98. The fraction of sp³-hybridized carbons (Fsp3) is 0.312. The van der Waals surface area contributed by atoms with E-state index in [-0.39, 0.29) is 23.8 Å². The SMILES string of the molecule is CC(=O)N1CCC[C@H]1C(=O)Nc1ccc(-c2ccc3nc([C@@H]4CCCN4C(=O)Cc4ccccc4)[nH]c3c2)cc1. The summed E-state index contributed by atoms with van der Waals surface area (Å²) in [6.45, 7) is 2.89. The van der Waals surface area contributed by atoms with Gasteiger partial charge in [0.2, 0.25) is 17.7 Å². The molecule has 3 aromatic carbocycles. The van der Waals surface area contributed by atoms with Crippen molar-refractivity contribution in [1.29, 1.82) is 0 Å². The minimum atomic E-state index is -0.404. The Morgan fingerprint density at radius 3 is 2.40 bits per heavy atom. The lowest BCUT2D eigenvalue weighted by molar-refractivity contribution is -0.134. The van der Waals surface area contributed by atoms with Crippen molar-refractivity contribution in [2.75, 3.05) is 18.4 Å². The molecule has 0 saturated carbocycles. The Labute approximate surface area is 233 Å². The third-order valence-corrected chi connectivity index (χ3v) is 8.03. The van der Waals surface area contributed by atoms with Crippen molar-refractivity contribution in [3.05, 3.63) is 84.2 Å². The van der Waals surface area contributed by atoms with Crippen LogP contribution >= 0.6 is 0 Å². The molecule has 2 atom stereocenters. The van der Waals surface area contributed by atoms with Gasteiger partial charge >= 0.3 is 0 Å². The van der Waals surface area contributed by atoms with Crippen molar-refractivity contribution < 1.29 is 14.4 Å². The first-order chi connectivity index (χ1) is 19.5. The second kappa shape index (κ2) is 11.0. The molecule has 0 unspecified atom stereocenters. The van der Waals surface area contributed by atoms with Gasteiger partial charge in [0.15, 0.2) is 0 Å². The molecule has 3 heterocycles. The van der Waals surface area contributed by atoms with Gasteiger partial charge in [0.25, 0.3) is 0 Å². The highest BCUT2D eigenvalue weighted by Crippen LogP contribution is 2.33. The summed E-state index contributed by atoms with van der Waals surface area (Å²) >= 11 is 0. The summed E-state index contributed by atoms with van der Waals surface area (Å²) in [4.78, 5) is 49.6. The average molecular weight is 536 g/mol. The monoisotopic (exact) mass is 535 g/mol. The van der Waals surface area contributed by atoms with E-state index in [2.05, 4.69) is 16.4 Å². The third-order valence-electron chi connectivity index (χ3n) is 8.03. The number of carbonyl (C=O) groups is 3. The number of imidazole rings is 1. The summed E-state index contributed by atoms with van der Waals surface area (Å²) in [7, 11) is 0. The maximum absolute atomic E-state index is 13.1. The molecule has 8 heteroatoms. The Morgan fingerprint density at radius 1 is 0.900 bits per heavy atom. The number of anilines is 1. The number of hydrogen-bond donors (Lipinski definition) is 2. The highest BCUT2D eigenvalue weighted by molar-refractivity contribution is 5.97. The average Bonchev–Trinajstić information content (AvgIpc) is 3.73. The Morgan fingerprint density at radius 2 is 1.62 bits per heavy atom. The molecule has 1 aromatic heterocycles. The van der Waals surface area contributed by atoms with Crippen LogP contribution in [-0.2, 0) is 20.8 Å². The normalized spacial score (nSPS) is 18.8. The van der Waals surface area contributed by atoms with E-state index in [0.29, 0.717) is 25.1 Å². The summed E-state index contributed by atoms with van der Waals surface area (Å²) in [5.41, 5.74) is 5.57. The molecule has 4 aromatic rings. The van der Waals surface area contributed by atoms with Crippen molar-refractivity contribution in [2.24, 2.45) is 0 Å². The van der Waals surface area contributed by atoms with Crippen LogP contribution < -0.4 is 5.32 Å². The van der Waals surface area contributed by atoms with E-state index >= 15 is 0 Å². The van der Waals surface area contributed by atoms with Crippen LogP contribution in [0.5, 0.6) is 0 Å². The molecule has 6 rings (SSSR count). The van der Waals surface area contributed by atoms with Crippen molar-refractivity contribution in [3.8, 4) is 11.1 Å². The van der Waals surface area contributed by atoms with Crippen LogP contribution in [0, 0.1) is 0 Å². The minimum Gasteiger partial charge on any atom is -0.340 e. The lowest BCUT2D eigenvalue weighted by Gasteiger charge is -2.23. The number of carbonyl (C=O) groups excluding carboxylic acids is 3. The Bertz CT molecular complexity index is 1550. The molecular weight excluding hydrogens is 502 g/mol. The van der Waals surface area contributed by atoms with Crippen LogP contribution in [0.25, 0.3) is 22.2 Å². The first kappa shape index (κ1) is 25.8. The first-order valence-corrected chi connectivity index (χ1v) is 14.0. The number of hydrogen-bond acceptors (Lipinski definition) is 4. The van der Waals surface area contributed by atoms with Gasteiger partial charge in [-0.1, -0.05) is 48.5 Å². The zero-order valence-corrected chi connectivity index (χ0v) is 22.6. The lowest BCUT2D eigenvalue weighted by Crippen LogP contribution is -2.42. The van der Waals surface area contributed by atoms with E-state index < -0.39 is 6.04 Å². The van der Waals surface area contributed by atoms with Gasteiger partial charge in [-0.2, -0.15) is 0 Å². The highest BCUT2D eigenvalue weighted by atomic mass is 16.2. The Kier molecular flexibility index (Phi) is 7.07. The summed E-state index contributed by atoms with van der Waals surface area (Å²) in [5, 5.41) is 2.96. The number of benzene rings is 3. The predicted octanol–water partition coefficient (Wildman–Crippen LogP) is 5.09. The minimum absolute atomic E-state index is 0.0475. The van der Waals surface area contributed by atoms with Crippen molar-refractivity contribution in [3.63, 3.8) is 0 Å². The number of aromatic nitrogens is 2. The zero-order chi connectivity index (χ0) is 27.6. The number of fused-ring (bicyclic) bond motifs is 1. The van der Waals surface area contributed by atoms with E-state index in [4.69, 9.17) is 4.98 Å². The van der Waals surface area contributed by atoms with Gasteiger partial charge in [-0.3, -0.25) is 14.4 Å². The number of rotatable bonds is 6. The standard InChI is InChI=1S/C32H33N5O3/c1-21(38)36-17-6-10-29(36)32(40)33-25-14-11-23(12-15-25)24-13-16-26-27(20-24)35-31(34-26)28-9-5-18-37(28)30(39)19-22-7-3-2-4-8-22/h2-4,7-8,11-16,20,28-29H,5-6,9-10,17-19H2,1H3,(H,33,40)(H,34,35)/t28-,29-/m0/s1. The number of likely N-dealkylation sites (tertiary alicyclic amines) is 2. The van der Waals surface area contributed by atoms with Crippen LogP contribution in [0.4, 0.5) is 5.69 Å². The van der Waals surface area contributed by atoms with Gasteiger partial charge < -0.3 is 20.1 Å². The van der Waals surface area contributed by atoms with E-state index in [1.165, 1.54) is 6.92 Å². The van der Waals surface area contributed by atoms with Gasteiger partial charge in [-0.25, -0.2) is 4.98 Å². The molecule has 3 amide bonds. The summed E-state index contributed by atoms with van der Waals surface area (Å²) in [6, 6.07) is 23.3. The summed E-state index contributed by atoms with van der Waals surface area (Å²) < 4.78 is 0. The maximum atomic E-state index is 13.1. The van der Waals surface area contributed by atoms with Crippen LogP contribution in [-0.4, -0.2) is 56.6 Å². The molecule has 2 N–H and O–H groups in total. The van der Waals surface area contributed by atoms with Crippen LogP contribution in [0.2, 0.25) is 0 Å². The molecule has 2 fully saturated rings. The van der Waals surface area contributed by atoms with Gasteiger partial charge in [0.1, 0.15) is 11.9 Å². The lowest BCUT2D eigenvalue weighted by atomic mass is 10.0. The fourth-order valence-electron chi connectivity index (χ4n) is 5.98. The Hall–Kier alpha value is -4.46. The van der Waals surface area contributed by atoms with Gasteiger partial charge in [0, 0.05) is 25.7 Å². The van der Waals surface area contributed by atoms with Crippen molar-refractivity contribution in [1.82, 2.24) is 19.8 Å². The van der Waals surface area contributed by atoms with Crippen LogP contribution in [0.3, 0.4) is 0 Å².